The summed E-state index contributed by atoms with van der Waals surface area (Å²) in [6.45, 7) is 5.93. The third-order valence-corrected chi connectivity index (χ3v) is 5.66. The van der Waals surface area contributed by atoms with Crippen molar-refractivity contribution in [2.24, 2.45) is 0 Å². The molecule has 0 bridgehead atoms. The minimum absolute atomic E-state index is 0.154. The quantitative estimate of drug-likeness (QED) is 0.784. The molecule has 0 unspecified atom stereocenters. The molecule has 0 saturated carbocycles. The van der Waals surface area contributed by atoms with E-state index in [4.69, 9.17) is 0 Å². The molecule has 1 aliphatic rings. The van der Waals surface area contributed by atoms with E-state index in [-0.39, 0.29) is 5.91 Å². The van der Waals surface area contributed by atoms with Crippen LogP contribution in [0.4, 0.5) is 10.9 Å². The summed E-state index contributed by atoms with van der Waals surface area (Å²) in [5.41, 5.74) is 0. The summed E-state index contributed by atoms with van der Waals surface area (Å²) in [5.74, 6) is 1.54. The highest BCUT2D eigenvalue weighted by atomic mass is 32.2. The zero-order valence-corrected chi connectivity index (χ0v) is 15.1. The number of rotatable bonds is 6. The molecule has 7 nitrogen and oxygen atoms in total. The highest BCUT2D eigenvalue weighted by molar-refractivity contribution is 8.01. The van der Waals surface area contributed by atoms with Gasteiger partial charge in [-0.05, 0) is 19.1 Å². The van der Waals surface area contributed by atoms with Crippen LogP contribution in [0.25, 0.3) is 0 Å². The number of hydrogen-bond donors (Lipinski definition) is 1. The Bertz CT molecular complexity index is 657. The number of aromatic nitrogens is 3. The van der Waals surface area contributed by atoms with E-state index >= 15 is 0 Å². The first-order valence-electron chi connectivity index (χ1n) is 7.90. The molecule has 0 aromatic carbocycles. The maximum atomic E-state index is 12.4. The first-order valence-corrected chi connectivity index (χ1v) is 9.70. The summed E-state index contributed by atoms with van der Waals surface area (Å²) in [5, 5.41) is 12.0. The Morgan fingerprint density at radius 3 is 2.83 bits per heavy atom. The van der Waals surface area contributed by atoms with E-state index in [9.17, 15) is 4.79 Å². The molecule has 0 atom stereocenters. The van der Waals surface area contributed by atoms with Gasteiger partial charge in [-0.3, -0.25) is 4.79 Å². The maximum Gasteiger partial charge on any atom is 0.233 e. The van der Waals surface area contributed by atoms with E-state index in [2.05, 4.69) is 25.4 Å². The van der Waals surface area contributed by atoms with Gasteiger partial charge in [0.2, 0.25) is 11.0 Å². The second-order valence-electron chi connectivity index (χ2n) is 5.25. The highest BCUT2D eigenvalue weighted by Crippen LogP contribution is 2.25. The van der Waals surface area contributed by atoms with Crippen molar-refractivity contribution in [3.8, 4) is 0 Å². The summed E-state index contributed by atoms with van der Waals surface area (Å²) in [6, 6.07) is 5.90. The van der Waals surface area contributed by atoms with E-state index in [1.165, 1.54) is 23.1 Å². The predicted octanol–water partition coefficient (Wildman–Crippen LogP) is 1.81. The van der Waals surface area contributed by atoms with E-state index in [1.54, 1.807) is 6.20 Å². The molecular formula is C15H20N6OS2. The van der Waals surface area contributed by atoms with Crippen molar-refractivity contribution in [1.82, 2.24) is 20.1 Å². The average Bonchev–Trinajstić information content (AvgIpc) is 3.08. The van der Waals surface area contributed by atoms with Gasteiger partial charge in [0.25, 0.3) is 0 Å². The van der Waals surface area contributed by atoms with Crippen LogP contribution >= 0.6 is 23.1 Å². The fraction of sp³-hybridized carbons (Fsp3) is 0.467. The van der Waals surface area contributed by atoms with Gasteiger partial charge in [0.15, 0.2) is 4.34 Å². The largest absolute Gasteiger partial charge is 0.360 e. The van der Waals surface area contributed by atoms with Gasteiger partial charge in [-0.25, -0.2) is 4.98 Å². The van der Waals surface area contributed by atoms with Crippen LogP contribution in [-0.4, -0.2) is 64.5 Å². The number of nitrogens with one attached hydrogen (secondary N) is 1. The number of piperazine rings is 1. The summed E-state index contributed by atoms with van der Waals surface area (Å²) in [7, 11) is 0. The molecule has 0 radical (unpaired) electrons. The van der Waals surface area contributed by atoms with Crippen LogP contribution in [0.1, 0.15) is 6.92 Å². The van der Waals surface area contributed by atoms with Crippen LogP contribution in [0, 0.1) is 0 Å². The normalized spacial score (nSPS) is 14.7. The van der Waals surface area contributed by atoms with Gasteiger partial charge >= 0.3 is 0 Å². The molecule has 2 aromatic heterocycles. The van der Waals surface area contributed by atoms with Crippen molar-refractivity contribution < 1.29 is 4.79 Å². The minimum atomic E-state index is 0.154. The van der Waals surface area contributed by atoms with Gasteiger partial charge < -0.3 is 15.1 Å². The SMILES string of the molecule is CCNc1nnc(SCC(=O)N2CCN(c3ccccn3)CC2)s1. The molecular weight excluding hydrogens is 344 g/mol. The molecule has 0 spiro atoms. The molecule has 2 aromatic rings. The summed E-state index contributed by atoms with van der Waals surface area (Å²) >= 11 is 2.94. The van der Waals surface area contributed by atoms with Crippen LogP contribution in [0.5, 0.6) is 0 Å². The lowest BCUT2D eigenvalue weighted by Crippen LogP contribution is -2.49. The number of nitrogens with zero attached hydrogens (tertiary/aromatic N) is 5. The number of pyridine rings is 1. The fourth-order valence-electron chi connectivity index (χ4n) is 2.43. The highest BCUT2D eigenvalue weighted by Gasteiger charge is 2.22. The van der Waals surface area contributed by atoms with Crippen molar-refractivity contribution in [3.63, 3.8) is 0 Å². The predicted molar refractivity (Wildman–Crippen MR) is 97.8 cm³/mol. The fourth-order valence-corrected chi connectivity index (χ4v) is 4.15. The second-order valence-corrected chi connectivity index (χ2v) is 7.45. The van der Waals surface area contributed by atoms with Crippen molar-refractivity contribution >= 4 is 40.0 Å². The Balaban J connectivity index is 1.45. The zero-order valence-electron chi connectivity index (χ0n) is 13.5. The molecule has 1 aliphatic heterocycles. The van der Waals surface area contributed by atoms with Crippen LogP contribution in [0.15, 0.2) is 28.7 Å². The molecule has 128 valence electrons. The first-order chi connectivity index (χ1) is 11.8. The number of anilines is 2. The van der Waals surface area contributed by atoms with Gasteiger partial charge in [0.05, 0.1) is 5.75 Å². The molecule has 1 amide bonds. The molecule has 1 saturated heterocycles. The van der Waals surface area contributed by atoms with Gasteiger partial charge in [0, 0.05) is 38.9 Å². The topological polar surface area (TPSA) is 74.2 Å². The van der Waals surface area contributed by atoms with Crippen LogP contribution in [-0.2, 0) is 4.79 Å². The van der Waals surface area contributed by atoms with E-state index < -0.39 is 0 Å². The summed E-state index contributed by atoms with van der Waals surface area (Å²) < 4.78 is 0.825. The van der Waals surface area contributed by atoms with Gasteiger partial charge in [-0.1, -0.05) is 29.2 Å². The lowest BCUT2D eigenvalue weighted by Gasteiger charge is -2.35. The van der Waals surface area contributed by atoms with Crippen molar-refractivity contribution in [2.45, 2.75) is 11.3 Å². The van der Waals surface area contributed by atoms with E-state index in [0.29, 0.717) is 5.75 Å². The lowest BCUT2D eigenvalue weighted by molar-refractivity contribution is -0.128. The number of thioether (sulfide) groups is 1. The smallest absolute Gasteiger partial charge is 0.233 e. The Kier molecular flexibility index (Phi) is 5.86. The van der Waals surface area contributed by atoms with Crippen LogP contribution in [0.3, 0.4) is 0 Å². The minimum Gasteiger partial charge on any atom is -0.360 e. The summed E-state index contributed by atoms with van der Waals surface area (Å²) in [6.07, 6.45) is 1.80. The lowest BCUT2D eigenvalue weighted by atomic mass is 10.3. The molecule has 24 heavy (non-hydrogen) atoms. The van der Waals surface area contributed by atoms with E-state index in [1.807, 2.05) is 30.0 Å². The number of amides is 1. The second kappa shape index (κ2) is 8.29. The average molecular weight is 365 g/mol. The first kappa shape index (κ1) is 17.0. The maximum absolute atomic E-state index is 12.4. The van der Waals surface area contributed by atoms with Gasteiger partial charge in [-0.15, -0.1) is 10.2 Å². The monoisotopic (exact) mass is 364 g/mol. The van der Waals surface area contributed by atoms with Crippen molar-refractivity contribution in [3.05, 3.63) is 24.4 Å². The molecule has 9 heteroatoms. The third-order valence-electron chi connectivity index (χ3n) is 3.66. The Morgan fingerprint density at radius 1 is 1.29 bits per heavy atom. The van der Waals surface area contributed by atoms with E-state index in [0.717, 1.165) is 48.0 Å². The van der Waals surface area contributed by atoms with Crippen LogP contribution < -0.4 is 10.2 Å². The molecule has 1 fully saturated rings. The number of carbonyl (C=O) groups excluding carboxylic acids is 1. The molecule has 1 N–H and O–H groups in total. The van der Waals surface area contributed by atoms with Crippen molar-refractivity contribution in [2.75, 3.05) is 48.7 Å². The number of carbonyl (C=O) groups is 1. The Labute approximate surface area is 149 Å². The van der Waals surface area contributed by atoms with Crippen LogP contribution in [0.2, 0.25) is 0 Å². The van der Waals surface area contributed by atoms with Gasteiger partial charge in [0.1, 0.15) is 5.82 Å². The molecule has 3 rings (SSSR count). The standard InChI is InChI=1S/C15H20N6OS2/c1-2-16-14-18-19-15(24-14)23-11-13(22)21-9-7-20(8-10-21)12-5-3-4-6-17-12/h3-6H,2,7-11H2,1H3,(H,16,18). The summed E-state index contributed by atoms with van der Waals surface area (Å²) in [4.78, 5) is 20.9. The zero-order chi connectivity index (χ0) is 16.8. The molecule has 0 aliphatic carbocycles. The third kappa shape index (κ3) is 4.35. The van der Waals surface area contributed by atoms with Crippen molar-refractivity contribution in [1.29, 1.82) is 0 Å². The molecule has 3 heterocycles. The number of hydrogen-bond acceptors (Lipinski definition) is 8. The Hall–Kier alpha value is -1.87. The van der Waals surface area contributed by atoms with Gasteiger partial charge in [-0.2, -0.15) is 0 Å². The Morgan fingerprint density at radius 2 is 2.12 bits per heavy atom.